The van der Waals surface area contributed by atoms with Gasteiger partial charge in [-0.3, -0.25) is 71.9 Å². The molecule has 10 atom stereocenters. The van der Waals surface area contributed by atoms with Crippen LogP contribution in [0.15, 0.2) is 60.9 Å². The molecule has 35 heteroatoms. The number of amides is 12. The number of fused-ring (bicyclic) bond motifs is 2. The maximum Gasteiger partial charge on any atom is 0.326 e. The largest absolute Gasteiger partial charge is 0.481 e. The first-order valence-corrected chi connectivity index (χ1v) is 28.7. The molecule has 496 valence electrons. The number of para-hydroxylation sites is 2. The number of nitrogens with one attached hydrogen (secondary N) is 11. The Morgan fingerprint density at radius 2 is 0.978 bits per heavy atom. The average molecular weight is 1290 g/mol. The van der Waals surface area contributed by atoms with E-state index < -0.39 is 207 Å². The van der Waals surface area contributed by atoms with Gasteiger partial charge in [-0.1, -0.05) is 36.4 Å². The van der Waals surface area contributed by atoms with E-state index >= 15 is 0 Å². The lowest BCUT2D eigenvalue weighted by molar-refractivity contribution is -0.143. The van der Waals surface area contributed by atoms with Gasteiger partial charge >= 0.3 is 23.9 Å². The number of hydrogen-bond acceptors (Lipinski definition) is 17. The summed E-state index contributed by atoms with van der Waals surface area (Å²) in [5.41, 5.74) is 18.5. The molecular weight excluding hydrogens is 1210 g/mol. The topological polar surface area (TPSA) is 575 Å². The number of carboxylic acid groups (broad SMARTS) is 4. The van der Waals surface area contributed by atoms with E-state index in [1.54, 1.807) is 54.7 Å². The Bertz CT molecular complexity index is 3480. The number of nitrogens with two attached hydrogens (primary N) is 3. The van der Waals surface area contributed by atoms with Crippen molar-refractivity contribution in [2.75, 3.05) is 13.1 Å². The van der Waals surface area contributed by atoms with Crippen LogP contribution in [0.25, 0.3) is 21.8 Å². The summed E-state index contributed by atoms with van der Waals surface area (Å²) in [7, 11) is 0. The molecule has 1 aliphatic rings. The van der Waals surface area contributed by atoms with Crippen molar-refractivity contribution < 1.29 is 97.1 Å². The summed E-state index contributed by atoms with van der Waals surface area (Å²) in [4.78, 5) is 214. The second-order valence-electron chi connectivity index (χ2n) is 21.7. The van der Waals surface area contributed by atoms with Gasteiger partial charge in [-0.05, 0) is 62.8 Å². The van der Waals surface area contributed by atoms with Gasteiger partial charge in [0.2, 0.25) is 70.9 Å². The van der Waals surface area contributed by atoms with Gasteiger partial charge in [0.15, 0.2) is 0 Å². The molecule has 12 amide bonds. The summed E-state index contributed by atoms with van der Waals surface area (Å²) in [6.45, 7) is 1.48. The van der Waals surface area contributed by atoms with Crippen molar-refractivity contribution in [3.63, 3.8) is 0 Å². The molecule has 0 aliphatic carbocycles. The SMILES string of the molecule is C[C@H](NC(=O)[C@@H]1CCCN1C(=O)[C@H](C)NC(=O)[C@H](CC(N)=O)NC(=O)[C@H](Cc1c[nH]c2ccccc12)NC(=O)[C@@H](N)CC(=O)O)C(=O)N[C@@H](CCC(=O)O)C(=O)N[C@@H](CCC(=O)O)C(=O)N[C@@H](Cc1c[nH]c2ccccc12)C(=O)NCC(=O)N[C@@H](CC(N)=O)C(=O)O. The number of carbonyl (C=O) groups excluding carboxylic acids is 12. The first-order valence-electron chi connectivity index (χ1n) is 28.7. The summed E-state index contributed by atoms with van der Waals surface area (Å²) in [5, 5.41) is 60.0. The number of primary amides is 2. The highest BCUT2D eigenvalue weighted by atomic mass is 16.4. The Kier molecular flexibility index (Phi) is 26.2. The second kappa shape index (κ2) is 33.5. The molecule has 3 heterocycles. The van der Waals surface area contributed by atoms with E-state index in [2.05, 4.69) is 52.5 Å². The number of rotatable bonds is 36. The third-order valence-corrected chi connectivity index (χ3v) is 14.6. The van der Waals surface area contributed by atoms with Crippen molar-refractivity contribution in [1.82, 2.24) is 62.7 Å². The summed E-state index contributed by atoms with van der Waals surface area (Å²) in [6, 6.07) is -2.43. The maximum atomic E-state index is 14.1. The van der Waals surface area contributed by atoms with E-state index in [0.29, 0.717) is 32.9 Å². The van der Waals surface area contributed by atoms with Crippen molar-refractivity contribution in [2.45, 2.75) is 145 Å². The van der Waals surface area contributed by atoms with Crippen molar-refractivity contribution in [2.24, 2.45) is 17.2 Å². The minimum absolute atomic E-state index is 0.0291. The molecular formula is C57H73N15O20. The van der Waals surface area contributed by atoms with Crippen molar-refractivity contribution in [3.8, 4) is 0 Å². The van der Waals surface area contributed by atoms with Crippen LogP contribution < -0.4 is 65.1 Å². The maximum absolute atomic E-state index is 14.1. The summed E-state index contributed by atoms with van der Waals surface area (Å²) >= 11 is 0. The molecule has 0 spiro atoms. The molecule has 21 N–H and O–H groups in total. The molecule has 1 saturated heterocycles. The standard InChI is InChI=1S/C57H73N15O20/c1-26(64-55(89)41-12-7-17-72(41)56(90)27(2)65-53(87)39(21-42(59)73)71-54(88)38(69-49(83)32(58)20-47(80)81)19-29-24-62-34-11-6-4-9-31(29)34)48(82)67-35(13-15-45(76)77)51(85)68-36(14-16-46(78)79)52(86)70-37(18-28-23-61-33-10-5-3-8-30(28)33)50(84)63-25-44(75)66-40(57(91)92)22-43(60)74/h3-6,8-11,23-24,26-27,32,35-41,61-62H,7,12-22,25,58H2,1-2H3,(H2,59,73)(H2,60,74)(H,63,84)(H,64,89)(H,65,87)(H,66,75)(H,67,82)(H,68,85)(H,69,83)(H,70,86)(H,71,88)(H,76,77)(H,78,79)(H,80,81)(H,91,92)/t26-,27-,32-,35-,36-,37-,38-,39-,40-,41-/m0/s1. The number of aliphatic carboxylic acids is 4. The van der Waals surface area contributed by atoms with Crippen molar-refractivity contribution >= 4 is 117 Å². The predicted octanol–water partition coefficient (Wildman–Crippen LogP) is -5.17. The van der Waals surface area contributed by atoms with Gasteiger partial charge < -0.3 is 100 Å². The van der Waals surface area contributed by atoms with Crippen LogP contribution in [-0.4, -0.2) is 204 Å². The first-order chi connectivity index (χ1) is 43.4. The lowest BCUT2D eigenvalue weighted by atomic mass is 10.0. The van der Waals surface area contributed by atoms with E-state index in [4.69, 9.17) is 17.2 Å². The van der Waals surface area contributed by atoms with Crippen LogP contribution in [0, 0.1) is 0 Å². The predicted molar refractivity (Wildman–Crippen MR) is 318 cm³/mol. The number of benzene rings is 2. The summed E-state index contributed by atoms with van der Waals surface area (Å²) in [5.74, 6) is -18.6. The van der Waals surface area contributed by atoms with E-state index in [9.17, 15) is 97.1 Å². The van der Waals surface area contributed by atoms with Crippen LogP contribution in [0.3, 0.4) is 0 Å². The number of aromatic amines is 2. The minimum atomic E-state index is -1.82. The number of carboxylic acids is 4. The molecule has 92 heavy (non-hydrogen) atoms. The van der Waals surface area contributed by atoms with Crippen LogP contribution in [0.5, 0.6) is 0 Å². The highest BCUT2D eigenvalue weighted by molar-refractivity contribution is 6.00. The van der Waals surface area contributed by atoms with E-state index in [1.807, 2.05) is 5.32 Å². The van der Waals surface area contributed by atoms with Crippen molar-refractivity contribution in [3.05, 3.63) is 72.1 Å². The van der Waals surface area contributed by atoms with Gasteiger partial charge in [-0.25, -0.2) is 4.79 Å². The third-order valence-electron chi connectivity index (χ3n) is 14.6. The molecule has 5 rings (SSSR count). The number of carbonyl (C=O) groups is 16. The van der Waals surface area contributed by atoms with Crippen molar-refractivity contribution in [1.29, 1.82) is 0 Å². The third kappa shape index (κ3) is 21.4. The fourth-order valence-corrected chi connectivity index (χ4v) is 9.86. The Morgan fingerprint density at radius 1 is 0.522 bits per heavy atom. The molecule has 0 radical (unpaired) electrons. The van der Waals surface area contributed by atoms with Gasteiger partial charge in [0.25, 0.3) is 0 Å². The molecule has 35 nitrogen and oxygen atoms in total. The molecule has 2 aromatic carbocycles. The van der Waals surface area contributed by atoms with Crippen LogP contribution in [0.4, 0.5) is 0 Å². The fraction of sp³-hybridized carbons (Fsp3) is 0.439. The highest BCUT2D eigenvalue weighted by Crippen LogP contribution is 2.22. The monoisotopic (exact) mass is 1290 g/mol. The normalized spacial score (nSPS) is 15.6. The Hall–Kier alpha value is -11.0. The van der Waals surface area contributed by atoms with Gasteiger partial charge in [-0.15, -0.1) is 0 Å². The summed E-state index contributed by atoms with van der Waals surface area (Å²) < 4.78 is 0. The van der Waals surface area contributed by atoms with E-state index in [0.717, 1.165) is 4.90 Å². The highest BCUT2D eigenvalue weighted by Gasteiger charge is 2.40. The molecule has 0 saturated carbocycles. The number of nitrogens with zero attached hydrogens (tertiary/aromatic N) is 1. The van der Waals surface area contributed by atoms with E-state index in [-0.39, 0.29) is 32.2 Å². The lowest BCUT2D eigenvalue weighted by Crippen LogP contribution is -2.60. The fourth-order valence-electron chi connectivity index (χ4n) is 9.86. The molecule has 0 bridgehead atoms. The summed E-state index contributed by atoms with van der Waals surface area (Å²) in [6.07, 6.45) is -2.41. The average Bonchev–Trinajstić information content (AvgIpc) is 1.71. The van der Waals surface area contributed by atoms with Crippen LogP contribution in [0.2, 0.25) is 0 Å². The van der Waals surface area contributed by atoms with Crippen LogP contribution >= 0.6 is 0 Å². The number of likely N-dealkylation sites (tertiary alicyclic amines) is 1. The Morgan fingerprint density at radius 3 is 1.49 bits per heavy atom. The Labute approximate surface area is 522 Å². The number of aromatic nitrogens is 2. The van der Waals surface area contributed by atoms with Gasteiger partial charge in [0, 0.05) is 66.4 Å². The second-order valence-corrected chi connectivity index (χ2v) is 21.7. The van der Waals surface area contributed by atoms with Gasteiger partial charge in [0.1, 0.15) is 54.4 Å². The molecule has 4 aromatic rings. The molecule has 2 aromatic heterocycles. The molecule has 1 fully saturated rings. The van der Waals surface area contributed by atoms with Gasteiger partial charge in [0.05, 0.1) is 31.8 Å². The van der Waals surface area contributed by atoms with Crippen LogP contribution in [-0.2, 0) is 89.6 Å². The number of H-pyrrole nitrogens is 2. The quantitative estimate of drug-likeness (QED) is 0.0202. The van der Waals surface area contributed by atoms with Crippen LogP contribution in [0.1, 0.15) is 82.8 Å². The Balaban J connectivity index is 1.26. The molecule has 1 aliphatic heterocycles. The zero-order chi connectivity index (χ0) is 68.1. The minimum Gasteiger partial charge on any atom is -0.481 e. The smallest absolute Gasteiger partial charge is 0.326 e. The zero-order valence-corrected chi connectivity index (χ0v) is 49.7. The van der Waals surface area contributed by atoms with Gasteiger partial charge in [-0.2, -0.15) is 0 Å². The lowest BCUT2D eigenvalue weighted by Gasteiger charge is -2.29. The first kappa shape index (κ1) is 71.8. The number of hydrogen-bond donors (Lipinski definition) is 18. The zero-order valence-electron chi connectivity index (χ0n) is 49.7. The molecule has 0 unspecified atom stereocenters. The van der Waals surface area contributed by atoms with E-state index in [1.165, 1.54) is 20.0 Å².